The van der Waals surface area contributed by atoms with Crippen LogP contribution in [0.5, 0.6) is 0 Å². The van der Waals surface area contributed by atoms with Gasteiger partial charge in [0.25, 0.3) is 0 Å². The average Bonchev–Trinajstić information content (AvgIpc) is 2.91. The number of aromatic nitrogens is 1. The van der Waals surface area contributed by atoms with E-state index in [0.29, 0.717) is 5.56 Å². The van der Waals surface area contributed by atoms with Gasteiger partial charge in [-0.3, -0.25) is 0 Å². The van der Waals surface area contributed by atoms with Gasteiger partial charge in [0, 0.05) is 40.7 Å². The first kappa shape index (κ1) is 17.2. The first-order valence-electron chi connectivity index (χ1n) is 7.36. The van der Waals surface area contributed by atoms with Crippen LogP contribution in [0.25, 0.3) is 10.9 Å². The fourth-order valence-corrected chi connectivity index (χ4v) is 3.94. The molecule has 7 heteroatoms. The summed E-state index contributed by atoms with van der Waals surface area (Å²) in [6.07, 6.45) is 0.893. The van der Waals surface area contributed by atoms with Crippen LogP contribution < -0.4 is 4.72 Å². The third-order valence-electron chi connectivity index (χ3n) is 3.88. The Morgan fingerprint density at radius 2 is 1.83 bits per heavy atom. The first-order chi connectivity index (χ1) is 11.4. The summed E-state index contributed by atoms with van der Waals surface area (Å²) in [5.74, 6) is 0. The molecule has 0 radical (unpaired) electrons. The van der Waals surface area contributed by atoms with Crippen molar-refractivity contribution in [3.05, 3.63) is 64.8 Å². The summed E-state index contributed by atoms with van der Waals surface area (Å²) in [6, 6.07) is 14.0. The molecule has 1 aromatic heterocycles. The van der Waals surface area contributed by atoms with E-state index in [1.165, 1.54) is 12.1 Å². The van der Waals surface area contributed by atoms with E-state index in [2.05, 4.69) is 20.7 Å². The average molecular weight is 409 g/mol. The maximum absolute atomic E-state index is 12.3. The van der Waals surface area contributed by atoms with Crippen LogP contribution in [-0.2, 0) is 17.1 Å². The number of halogens is 1. The van der Waals surface area contributed by atoms with Gasteiger partial charge in [-0.2, -0.15) is 0 Å². The number of rotatable bonds is 5. The smallest absolute Gasteiger partial charge is 0.240 e. The molecule has 1 heterocycles. The van der Waals surface area contributed by atoms with Crippen molar-refractivity contribution in [3.8, 4) is 0 Å². The minimum absolute atomic E-state index is 0.0909. The zero-order chi connectivity index (χ0) is 17.3. The summed E-state index contributed by atoms with van der Waals surface area (Å²) < 4.78 is 29.8. The number of nitrogens with zero attached hydrogens (tertiary/aromatic N) is 1. The number of aliphatic hydroxyl groups excluding tert-OH is 1. The van der Waals surface area contributed by atoms with Gasteiger partial charge >= 0.3 is 0 Å². The highest BCUT2D eigenvalue weighted by Crippen LogP contribution is 2.26. The molecule has 0 aliphatic carbocycles. The Morgan fingerprint density at radius 1 is 1.17 bits per heavy atom. The second kappa shape index (κ2) is 6.68. The minimum Gasteiger partial charge on any atom is -0.387 e. The number of para-hydroxylation sites is 1. The molecule has 1 unspecified atom stereocenters. The normalized spacial score (nSPS) is 13.3. The predicted octanol–water partition coefficient (Wildman–Crippen LogP) is 2.95. The predicted molar refractivity (Wildman–Crippen MR) is 97.2 cm³/mol. The molecular weight excluding hydrogens is 392 g/mol. The molecule has 0 aliphatic rings. The molecule has 126 valence electrons. The number of sulfonamides is 1. The highest BCUT2D eigenvalue weighted by Gasteiger charge is 2.19. The SMILES string of the molecule is Cn1cc(C(O)CNS(=O)(=O)c2ccc(Br)cc2)c2ccccc21. The summed E-state index contributed by atoms with van der Waals surface area (Å²) >= 11 is 3.27. The van der Waals surface area contributed by atoms with Gasteiger partial charge in [-0.25, -0.2) is 13.1 Å². The lowest BCUT2D eigenvalue weighted by atomic mass is 10.1. The van der Waals surface area contributed by atoms with E-state index in [1.54, 1.807) is 12.1 Å². The summed E-state index contributed by atoms with van der Waals surface area (Å²) in [7, 11) is -1.77. The summed E-state index contributed by atoms with van der Waals surface area (Å²) in [4.78, 5) is 0.163. The Kier molecular flexibility index (Phi) is 4.78. The van der Waals surface area contributed by atoms with E-state index in [4.69, 9.17) is 0 Å². The van der Waals surface area contributed by atoms with Crippen LogP contribution in [-0.4, -0.2) is 24.6 Å². The Balaban J connectivity index is 1.79. The van der Waals surface area contributed by atoms with Crippen molar-refractivity contribution < 1.29 is 13.5 Å². The fraction of sp³-hybridized carbons (Fsp3) is 0.176. The monoisotopic (exact) mass is 408 g/mol. The number of fused-ring (bicyclic) bond motifs is 1. The summed E-state index contributed by atoms with van der Waals surface area (Å²) in [6.45, 7) is -0.0909. The highest BCUT2D eigenvalue weighted by molar-refractivity contribution is 9.10. The quantitative estimate of drug-likeness (QED) is 0.681. The second-order valence-corrected chi connectivity index (χ2v) is 8.22. The van der Waals surface area contributed by atoms with Crippen LogP contribution in [0.1, 0.15) is 11.7 Å². The zero-order valence-electron chi connectivity index (χ0n) is 13.0. The van der Waals surface area contributed by atoms with Crippen LogP contribution in [0.3, 0.4) is 0 Å². The lowest BCUT2D eigenvalue weighted by Crippen LogP contribution is -2.28. The standard InChI is InChI=1S/C17H17BrN2O3S/c1-20-11-15(14-4-2-3-5-16(14)20)17(21)10-19-24(22,23)13-8-6-12(18)7-9-13/h2-9,11,17,19,21H,10H2,1H3. The molecule has 3 aromatic rings. The third kappa shape index (κ3) is 3.39. The molecule has 0 spiro atoms. The van der Waals surface area contributed by atoms with Gasteiger partial charge in [-0.05, 0) is 30.3 Å². The zero-order valence-corrected chi connectivity index (χ0v) is 15.4. The minimum atomic E-state index is -3.66. The van der Waals surface area contributed by atoms with E-state index >= 15 is 0 Å². The Labute approximate surface area is 149 Å². The molecule has 2 aromatic carbocycles. The summed E-state index contributed by atoms with van der Waals surface area (Å²) in [5.41, 5.74) is 1.69. The molecule has 3 rings (SSSR count). The van der Waals surface area contributed by atoms with Crippen molar-refractivity contribution in [1.29, 1.82) is 0 Å². The largest absolute Gasteiger partial charge is 0.387 e. The van der Waals surface area contributed by atoms with Gasteiger partial charge in [0.1, 0.15) is 0 Å². The number of hydrogen-bond acceptors (Lipinski definition) is 3. The van der Waals surface area contributed by atoms with Gasteiger partial charge < -0.3 is 9.67 Å². The van der Waals surface area contributed by atoms with Crippen molar-refractivity contribution in [2.45, 2.75) is 11.0 Å². The van der Waals surface area contributed by atoms with Gasteiger partial charge in [-0.15, -0.1) is 0 Å². The van der Waals surface area contributed by atoms with Gasteiger partial charge in [0.15, 0.2) is 0 Å². The molecule has 0 bridgehead atoms. The van der Waals surface area contributed by atoms with Crippen molar-refractivity contribution in [3.63, 3.8) is 0 Å². The van der Waals surface area contributed by atoms with Crippen molar-refractivity contribution in [1.82, 2.24) is 9.29 Å². The third-order valence-corrected chi connectivity index (χ3v) is 5.85. The van der Waals surface area contributed by atoms with Crippen LogP contribution in [0, 0.1) is 0 Å². The highest BCUT2D eigenvalue weighted by atomic mass is 79.9. The molecule has 0 fully saturated rings. The van der Waals surface area contributed by atoms with Crippen LogP contribution >= 0.6 is 15.9 Å². The van der Waals surface area contributed by atoms with E-state index in [1.807, 2.05) is 42.1 Å². The Morgan fingerprint density at radius 3 is 2.54 bits per heavy atom. The van der Waals surface area contributed by atoms with Gasteiger partial charge in [0.2, 0.25) is 10.0 Å². The van der Waals surface area contributed by atoms with Crippen molar-refractivity contribution in [2.75, 3.05) is 6.54 Å². The maximum atomic E-state index is 12.3. The summed E-state index contributed by atoms with van der Waals surface area (Å²) in [5, 5.41) is 11.4. The lowest BCUT2D eigenvalue weighted by Gasteiger charge is -2.12. The molecule has 0 aliphatic heterocycles. The van der Waals surface area contributed by atoms with Gasteiger partial charge in [-0.1, -0.05) is 34.1 Å². The number of benzene rings is 2. The Bertz CT molecular complexity index is 965. The van der Waals surface area contributed by atoms with E-state index < -0.39 is 16.1 Å². The number of aliphatic hydroxyl groups is 1. The number of nitrogens with one attached hydrogen (secondary N) is 1. The fourth-order valence-electron chi connectivity index (χ4n) is 2.63. The number of hydrogen-bond donors (Lipinski definition) is 2. The molecular formula is C17H17BrN2O3S. The molecule has 0 saturated carbocycles. The first-order valence-corrected chi connectivity index (χ1v) is 9.63. The molecule has 2 N–H and O–H groups in total. The van der Waals surface area contributed by atoms with E-state index in [0.717, 1.165) is 15.4 Å². The van der Waals surface area contributed by atoms with Crippen molar-refractivity contribution in [2.24, 2.45) is 7.05 Å². The molecule has 0 saturated heterocycles. The van der Waals surface area contributed by atoms with Gasteiger partial charge in [0.05, 0.1) is 11.0 Å². The van der Waals surface area contributed by atoms with Crippen LogP contribution in [0.4, 0.5) is 0 Å². The number of aryl methyl sites for hydroxylation is 1. The second-order valence-electron chi connectivity index (χ2n) is 5.53. The van der Waals surface area contributed by atoms with E-state index in [-0.39, 0.29) is 11.4 Å². The van der Waals surface area contributed by atoms with Crippen molar-refractivity contribution >= 4 is 36.9 Å². The molecule has 24 heavy (non-hydrogen) atoms. The molecule has 1 atom stereocenters. The maximum Gasteiger partial charge on any atom is 0.240 e. The molecule has 5 nitrogen and oxygen atoms in total. The molecule has 0 amide bonds. The lowest BCUT2D eigenvalue weighted by molar-refractivity contribution is 0.183. The Hall–Kier alpha value is -1.67. The topological polar surface area (TPSA) is 71.3 Å². The van der Waals surface area contributed by atoms with Crippen LogP contribution in [0.15, 0.2) is 64.1 Å². The van der Waals surface area contributed by atoms with Crippen LogP contribution in [0.2, 0.25) is 0 Å². The van der Waals surface area contributed by atoms with E-state index in [9.17, 15) is 13.5 Å².